The molecule has 2 heteroatoms. The maximum Gasteiger partial charge on any atom is 0.253 e. The molecule has 0 radical (unpaired) electrons. The van der Waals surface area contributed by atoms with Crippen LogP contribution in [0.15, 0.2) is 24.0 Å². The average molecular weight is 201 g/mol. The number of fused-ring (bicyclic) bond motifs is 1. The molecule has 2 nitrogen and oxygen atoms in total. The van der Waals surface area contributed by atoms with Gasteiger partial charge in [0.15, 0.2) is 0 Å². The fourth-order valence-electron chi connectivity index (χ4n) is 2.17. The molecule has 0 spiro atoms. The number of allylic oxidation sites excluding steroid dienone is 1. The molecule has 0 aliphatic carbocycles. The van der Waals surface area contributed by atoms with E-state index in [0.717, 1.165) is 41.8 Å². The zero-order valence-electron chi connectivity index (χ0n) is 9.05. The molecular formula is C13H15NO. The number of aromatic nitrogens is 1. The maximum atomic E-state index is 11.9. The Morgan fingerprint density at radius 2 is 2.27 bits per heavy atom. The van der Waals surface area contributed by atoms with E-state index in [1.807, 2.05) is 17.6 Å². The minimum absolute atomic E-state index is 0.108. The Bertz CT molecular complexity index is 494. The monoisotopic (exact) mass is 201 g/mol. The summed E-state index contributed by atoms with van der Waals surface area (Å²) in [5.74, 6) is 0. The number of hydrogen-bond donors (Lipinski definition) is 0. The molecule has 15 heavy (non-hydrogen) atoms. The van der Waals surface area contributed by atoms with Gasteiger partial charge < -0.3 is 4.57 Å². The third-order valence-electron chi connectivity index (χ3n) is 2.91. The standard InChI is InChI=1S/C13H15NO/c1-4-11-8-10(3)13(15)14-7-5-6-9(2)12(11)14/h4,8H,1-2,5-7H2,3H3. The smallest absolute Gasteiger partial charge is 0.253 e. The second kappa shape index (κ2) is 3.54. The van der Waals surface area contributed by atoms with Crippen molar-refractivity contribution in [3.63, 3.8) is 0 Å². The molecule has 0 fully saturated rings. The summed E-state index contributed by atoms with van der Waals surface area (Å²) in [6.07, 6.45) is 3.78. The van der Waals surface area contributed by atoms with Crippen LogP contribution in [0.3, 0.4) is 0 Å². The van der Waals surface area contributed by atoms with Crippen LogP contribution in [0, 0.1) is 6.92 Å². The summed E-state index contributed by atoms with van der Waals surface area (Å²) in [7, 11) is 0. The summed E-state index contributed by atoms with van der Waals surface area (Å²) in [6, 6.07) is 1.90. The predicted octanol–water partition coefficient (Wildman–Crippen LogP) is 2.61. The predicted molar refractivity (Wildman–Crippen MR) is 63.8 cm³/mol. The molecule has 0 atom stereocenters. The van der Waals surface area contributed by atoms with Crippen molar-refractivity contribution < 1.29 is 0 Å². The first-order chi connectivity index (χ1) is 7.15. The highest BCUT2D eigenvalue weighted by atomic mass is 16.1. The van der Waals surface area contributed by atoms with Crippen molar-refractivity contribution in [3.05, 3.63) is 46.4 Å². The fourth-order valence-corrected chi connectivity index (χ4v) is 2.17. The normalized spacial score (nSPS) is 14.9. The molecule has 0 N–H and O–H groups in total. The highest BCUT2D eigenvalue weighted by Crippen LogP contribution is 2.26. The quantitative estimate of drug-likeness (QED) is 0.684. The molecule has 1 aromatic heterocycles. The van der Waals surface area contributed by atoms with E-state index in [1.165, 1.54) is 0 Å². The Hall–Kier alpha value is -1.57. The zero-order valence-corrected chi connectivity index (χ0v) is 9.05. The van der Waals surface area contributed by atoms with Crippen LogP contribution in [0.25, 0.3) is 11.6 Å². The zero-order chi connectivity index (χ0) is 11.0. The largest absolute Gasteiger partial charge is 0.308 e. The lowest BCUT2D eigenvalue weighted by molar-refractivity contribution is 0.592. The van der Waals surface area contributed by atoms with Crippen molar-refractivity contribution >= 4 is 11.6 Å². The van der Waals surface area contributed by atoms with Gasteiger partial charge in [-0.25, -0.2) is 0 Å². The summed E-state index contributed by atoms with van der Waals surface area (Å²) in [5.41, 5.74) is 3.94. The van der Waals surface area contributed by atoms with Crippen LogP contribution in [-0.2, 0) is 6.54 Å². The van der Waals surface area contributed by atoms with Crippen molar-refractivity contribution in [2.24, 2.45) is 0 Å². The molecule has 1 aromatic rings. The molecular weight excluding hydrogens is 186 g/mol. The molecule has 2 rings (SSSR count). The number of aryl methyl sites for hydroxylation is 1. The summed E-state index contributed by atoms with van der Waals surface area (Å²) in [4.78, 5) is 11.9. The van der Waals surface area contributed by atoms with Crippen LogP contribution in [-0.4, -0.2) is 4.57 Å². The van der Waals surface area contributed by atoms with E-state index in [1.54, 1.807) is 6.08 Å². The lowest BCUT2D eigenvalue weighted by atomic mass is 9.97. The second-order valence-corrected chi connectivity index (χ2v) is 4.00. The number of hydrogen-bond acceptors (Lipinski definition) is 1. The highest BCUT2D eigenvalue weighted by molar-refractivity contribution is 5.71. The first-order valence-corrected chi connectivity index (χ1v) is 5.20. The highest BCUT2D eigenvalue weighted by Gasteiger charge is 2.17. The van der Waals surface area contributed by atoms with E-state index in [9.17, 15) is 4.79 Å². The van der Waals surface area contributed by atoms with Gasteiger partial charge in [-0.15, -0.1) is 0 Å². The molecule has 1 aliphatic heterocycles. The fraction of sp³-hybridized carbons (Fsp3) is 0.308. The van der Waals surface area contributed by atoms with E-state index in [4.69, 9.17) is 0 Å². The van der Waals surface area contributed by atoms with E-state index in [-0.39, 0.29) is 5.56 Å². The van der Waals surface area contributed by atoms with Gasteiger partial charge in [0.1, 0.15) is 0 Å². The van der Waals surface area contributed by atoms with Gasteiger partial charge in [0.05, 0.1) is 5.69 Å². The van der Waals surface area contributed by atoms with Crippen LogP contribution < -0.4 is 5.56 Å². The average Bonchev–Trinajstić information content (AvgIpc) is 2.23. The van der Waals surface area contributed by atoms with Gasteiger partial charge in [0.25, 0.3) is 5.56 Å². The van der Waals surface area contributed by atoms with Gasteiger partial charge in [-0.3, -0.25) is 4.79 Å². The molecule has 0 aromatic carbocycles. The molecule has 0 bridgehead atoms. The molecule has 0 unspecified atom stereocenters. The molecule has 0 saturated heterocycles. The molecule has 2 heterocycles. The van der Waals surface area contributed by atoms with Crippen molar-refractivity contribution in [2.45, 2.75) is 26.3 Å². The van der Waals surface area contributed by atoms with Crippen LogP contribution in [0.4, 0.5) is 0 Å². The summed E-state index contributed by atoms with van der Waals surface area (Å²) < 4.78 is 1.83. The van der Waals surface area contributed by atoms with Crippen LogP contribution in [0.1, 0.15) is 29.7 Å². The van der Waals surface area contributed by atoms with Gasteiger partial charge in [-0.1, -0.05) is 19.2 Å². The topological polar surface area (TPSA) is 22.0 Å². The summed E-state index contributed by atoms with van der Waals surface area (Å²) >= 11 is 0. The Morgan fingerprint density at radius 3 is 2.93 bits per heavy atom. The minimum atomic E-state index is 0.108. The summed E-state index contributed by atoms with van der Waals surface area (Å²) in [5, 5.41) is 0. The lowest BCUT2D eigenvalue weighted by Crippen LogP contribution is -2.28. The van der Waals surface area contributed by atoms with E-state index >= 15 is 0 Å². The van der Waals surface area contributed by atoms with Crippen LogP contribution in [0.5, 0.6) is 0 Å². The van der Waals surface area contributed by atoms with Gasteiger partial charge >= 0.3 is 0 Å². The first kappa shape index (κ1) is 9.97. The van der Waals surface area contributed by atoms with Crippen LogP contribution >= 0.6 is 0 Å². The number of nitrogens with zero attached hydrogens (tertiary/aromatic N) is 1. The Balaban J connectivity index is 2.82. The number of rotatable bonds is 1. The van der Waals surface area contributed by atoms with Gasteiger partial charge in [0, 0.05) is 12.1 Å². The van der Waals surface area contributed by atoms with Gasteiger partial charge in [-0.2, -0.15) is 0 Å². The Kier molecular flexibility index (Phi) is 2.35. The van der Waals surface area contributed by atoms with E-state index < -0.39 is 0 Å². The van der Waals surface area contributed by atoms with Crippen molar-refractivity contribution in [1.29, 1.82) is 0 Å². The SMILES string of the molecule is C=Cc1cc(C)c(=O)n2c1C(=C)CCC2. The minimum Gasteiger partial charge on any atom is -0.308 e. The summed E-state index contributed by atoms with van der Waals surface area (Å²) in [6.45, 7) is 10.5. The van der Waals surface area contributed by atoms with Crippen molar-refractivity contribution in [1.82, 2.24) is 4.57 Å². The molecule has 78 valence electrons. The van der Waals surface area contributed by atoms with Crippen molar-refractivity contribution in [2.75, 3.05) is 0 Å². The molecule has 0 amide bonds. The van der Waals surface area contributed by atoms with Crippen molar-refractivity contribution in [3.8, 4) is 0 Å². The van der Waals surface area contributed by atoms with E-state index in [2.05, 4.69) is 13.2 Å². The lowest BCUT2D eigenvalue weighted by Gasteiger charge is -2.23. The van der Waals surface area contributed by atoms with Gasteiger partial charge in [-0.05, 0) is 37.0 Å². The first-order valence-electron chi connectivity index (χ1n) is 5.20. The third-order valence-corrected chi connectivity index (χ3v) is 2.91. The second-order valence-electron chi connectivity index (χ2n) is 4.00. The third kappa shape index (κ3) is 1.46. The van der Waals surface area contributed by atoms with Gasteiger partial charge in [0.2, 0.25) is 0 Å². The Labute approximate surface area is 89.6 Å². The van der Waals surface area contributed by atoms with E-state index in [0.29, 0.717) is 0 Å². The Morgan fingerprint density at radius 1 is 1.53 bits per heavy atom. The van der Waals surface area contributed by atoms with Crippen LogP contribution in [0.2, 0.25) is 0 Å². The molecule has 1 aliphatic rings. The molecule has 0 saturated carbocycles. The maximum absolute atomic E-state index is 11.9. The number of pyridine rings is 1.